The van der Waals surface area contributed by atoms with E-state index in [1.165, 1.54) is 11.8 Å². The third kappa shape index (κ3) is 4.66. The van der Waals surface area contributed by atoms with Gasteiger partial charge in [-0.05, 0) is 36.8 Å². The summed E-state index contributed by atoms with van der Waals surface area (Å²) in [6, 6.07) is 9.37. The Hall–Kier alpha value is -2.21. The highest BCUT2D eigenvalue weighted by atomic mass is 32.2. The zero-order chi connectivity index (χ0) is 17.5. The minimum atomic E-state index is -0.0794. The van der Waals surface area contributed by atoms with Gasteiger partial charge in [-0.1, -0.05) is 31.5 Å². The van der Waals surface area contributed by atoms with Gasteiger partial charge in [0.05, 0.1) is 5.56 Å². The third-order valence-electron chi connectivity index (χ3n) is 3.81. The van der Waals surface area contributed by atoms with Crippen LogP contribution in [-0.2, 0) is 0 Å². The number of nitrogens with zero attached hydrogens (tertiary/aromatic N) is 1. The van der Waals surface area contributed by atoms with E-state index in [2.05, 4.69) is 17.2 Å². The minimum absolute atomic E-state index is 0.0794. The zero-order valence-corrected chi connectivity index (χ0v) is 15.1. The molecule has 0 aliphatic carbocycles. The molecule has 2 aromatic rings. The maximum absolute atomic E-state index is 12.4. The lowest BCUT2D eigenvalue weighted by atomic mass is 10.2. The molecule has 1 N–H and O–H groups in total. The van der Waals surface area contributed by atoms with Crippen molar-refractivity contribution in [2.45, 2.75) is 36.1 Å². The van der Waals surface area contributed by atoms with Gasteiger partial charge < -0.3 is 14.8 Å². The van der Waals surface area contributed by atoms with Crippen LogP contribution in [0.25, 0.3) is 0 Å². The Morgan fingerprint density at radius 1 is 1.20 bits per heavy atom. The van der Waals surface area contributed by atoms with Crippen molar-refractivity contribution in [2.24, 2.45) is 0 Å². The van der Waals surface area contributed by atoms with Crippen molar-refractivity contribution in [2.75, 3.05) is 19.8 Å². The van der Waals surface area contributed by atoms with Crippen LogP contribution in [0.2, 0.25) is 0 Å². The van der Waals surface area contributed by atoms with Crippen molar-refractivity contribution < 1.29 is 14.3 Å². The van der Waals surface area contributed by atoms with Crippen molar-refractivity contribution >= 4 is 17.7 Å². The fourth-order valence-electron chi connectivity index (χ4n) is 2.52. The van der Waals surface area contributed by atoms with Gasteiger partial charge in [-0.25, -0.2) is 4.98 Å². The monoisotopic (exact) mass is 358 g/mol. The standard InChI is InChI=1S/C19H22N2O3S/c1-2-3-4-9-20-18(22)15-6-5-10-21-19(15)25-14-7-8-16-17(13-14)24-12-11-23-16/h5-8,10,13H,2-4,9,11-12H2,1H3,(H,20,22). The maximum atomic E-state index is 12.4. The maximum Gasteiger partial charge on any atom is 0.254 e. The van der Waals surface area contributed by atoms with Gasteiger partial charge in [0.2, 0.25) is 0 Å². The number of benzene rings is 1. The van der Waals surface area contributed by atoms with E-state index in [0.29, 0.717) is 30.3 Å². The molecule has 5 nitrogen and oxygen atoms in total. The smallest absolute Gasteiger partial charge is 0.254 e. The van der Waals surface area contributed by atoms with Crippen LogP contribution in [0, 0.1) is 0 Å². The summed E-state index contributed by atoms with van der Waals surface area (Å²) in [6.07, 6.45) is 4.95. The van der Waals surface area contributed by atoms with Gasteiger partial charge in [0, 0.05) is 17.6 Å². The molecule has 6 heteroatoms. The highest BCUT2D eigenvalue weighted by Crippen LogP contribution is 2.37. The Labute approximate surface area is 152 Å². The van der Waals surface area contributed by atoms with E-state index in [1.807, 2.05) is 24.3 Å². The first kappa shape index (κ1) is 17.6. The number of aromatic nitrogens is 1. The van der Waals surface area contributed by atoms with Crippen LogP contribution in [-0.4, -0.2) is 30.6 Å². The summed E-state index contributed by atoms with van der Waals surface area (Å²) in [5.74, 6) is 1.41. The molecule has 0 fully saturated rings. The molecule has 3 rings (SSSR count). The Bertz CT molecular complexity index is 736. The van der Waals surface area contributed by atoms with Crippen LogP contribution in [0.5, 0.6) is 11.5 Å². The summed E-state index contributed by atoms with van der Waals surface area (Å²) in [5, 5.41) is 3.66. The predicted molar refractivity (Wildman–Crippen MR) is 97.7 cm³/mol. The first-order chi connectivity index (χ1) is 12.3. The van der Waals surface area contributed by atoms with E-state index in [4.69, 9.17) is 9.47 Å². The number of hydrogen-bond acceptors (Lipinski definition) is 5. The van der Waals surface area contributed by atoms with Crippen molar-refractivity contribution in [3.63, 3.8) is 0 Å². The fourth-order valence-corrected chi connectivity index (χ4v) is 3.43. The molecular weight excluding hydrogens is 336 g/mol. The molecule has 0 radical (unpaired) electrons. The lowest BCUT2D eigenvalue weighted by Crippen LogP contribution is -2.25. The normalized spacial score (nSPS) is 12.7. The van der Waals surface area contributed by atoms with Gasteiger partial charge in [0.1, 0.15) is 18.2 Å². The molecule has 0 saturated carbocycles. The van der Waals surface area contributed by atoms with E-state index in [9.17, 15) is 4.79 Å². The van der Waals surface area contributed by atoms with Gasteiger partial charge in [-0.3, -0.25) is 4.79 Å². The average Bonchev–Trinajstić information content (AvgIpc) is 2.65. The molecule has 0 bridgehead atoms. The first-order valence-corrected chi connectivity index (χ1v) is 9.40. The molecular formula is C19H22N2O3S. The van der Waals surface area contributed by atoms with Crippen LogP contribution >= 0.6 is 11.8 Å². The number of ether oxygens (including phenoxy) is 2. The lowest BCUT2D eigenvalue weighted by Gasteiger charge is -2.18. The molecule has 0 unspecified atom stereocenters. The number of nitrogens with one attached hydrogen (secondary N) is 1. The number of hydrogen-bond donors (Lipinski definition) is 1. The van der Waals surface area contributed by atoms with Gasteiger partial charge >= 0.3 is 0 Å². The Morgan fingerprint density at radius 2 is 2.04 bits per heavy atom. The molecule has 132 valence electrons. The number of unbranched alkanes of at least 4 members (excludes halogenated alkanes) is 2. The molecule has 25 heavy (non-hydrogen) atoms. The van der Waals surface area contributed by atoms with Crippen LogP contribution in [0.15, 0.2) is 46.5 Å². The number of amides is 1. The molecule has 1 aliphatic rings. The summed E-state index contributed by atoms with van der Waals surface area (Å²) in [7, 11) is 0. The number of carbonyl (C=O) groups is 1. The zero-order valence-electron chi connectivity index (χ0n) is 14.3. The highest BCUT2D eigenvalue weighted by molar-refractivity contribution is 7.99. The van der Waals surface area contributed by atoms with Crippen LogP contribution in [0.3, 0.4) is 0 Å². The fraction of sp³-hybridized carbons (Fsp3) is 0.368. The van der Waals surface area contributed by atoms with Crippen LogP contribution < -0.4 is 14.8 Å². The second-order valence-corrected chi connectivity index (χ2v) is 6.79. The molecule has 1 amide bonds. The number of rotatable bonds is 7. The molecule has 0 saturated heterocycles. The number of pyridine rings is 1. The molecule has 1 aromatic carbocycles. The summed E-state index contributed by atoms with van der Waals surface area (Å²) in [4.78, 5) is 17.8. The van der Waals surface area contributed by atoms with Gasteiger partial charge in [0.25, 0.3) is 5.91 Å². The van der Waals surface area contributed by atoms with E-state index in [0.717, 1.165) is 35.7 Å². The van der Waals surface area contributed by atoms with Crippen LogP contribution in [0.1, 0.15) is 36.5 Å². The Morgan fingerprint density at radius 3 is 2.88 bits per heavy atom. The van der Waals surface area contributed by atoms with E-state index in [1.54, 1.807) is 12.3 Å². The minimum Gasteiger partial charge on any atom is -0.486 e. The highest BCUT2D eigenvalue weighted by Gasteiger charge is 2.16. The van der Waals surface area contributed by atoms with Gasteiger partial charge in [0.15, 0.2) is 11.5 Å². The SMILES string of the molecule is CCCCCNC(=O)c1cccnc1Sc1ccc2c(c1)OCCO2. The van der Waals surface area contributed by atoms with Gasteiger partial charge in [-0.2, -0.15) is 0 Å². The quantitative estimate of drug-likeness (QED) is 0.760. The summed E-state index contributed by atoms with van der Waals surface area (Å²) in [6.45, 7) is 3.96. The first-order valence-electron chi connectivity index (χ1n) is 8.58. The molecule has 0 atom stereocenters. The van der Waals surface area contributed by atoms with E-state index in [-0.39, 0.29) is 5.91 Å². The molecule has 1 aromatic heterocycles. The molecule has 1 aliphatic heterocycles. The van der Waals surface area contributed by atoms with Gasteiger partial charge in [-0.15, -0.1) is 0 Å². The number of carbonyl (C=O) groups excluding carboxylic acids is 1. The summed E-state index contributed by atoms with van der Waals surface area (Å²) < 4.78 is 11.2. The molecule has 2 heterocycles. The summed E-state index contributed by atoms with van der Waals surface area (Å²) >= 11 is 1.45. The predicted octanol–water partition coefficient (Wildman–Crippen LogP) is 3.92. The van der Waals surface area contributed by atoms with Crippen molar-refractivity contribution in [1.29, 1.82) is 0 Å². The second-order valence-electron chi connectivity index (χ2n) is 5.73. The lowest BCUT2D eigenvalue weighted by molar-refractivity contribution is 0.0949. The topological polar surface area (TPSA) is 60.5 Å². The van der Waals surface area contributed by atoms with Crippen molar-refractivity contribution in [3.05, 3.63) is 42.1 Å². The Kier molecular flexibility index (Phi) is 6.17. The average molecular weight is 358 g/mol. The van der Waals surface area contributed by atoms with Crippen LogP contribution in [0.4, 0.5) is 0 Å². The third-order valence-corrected chi connectivity index (χ3v) is 4.82. The summed E-state index contributed by atoms with van der Waals surface area (Å²) in [5.41, 5.74) is 0.596. The Balaban J connectivity index is 1.71. The van der Waals surface area contributed by atoms with E-state index >= 15 is 0 Å². The van der Waals surface area contributed by atoms with Crippen molar-refractivity contribution in [3.8, 4) is 11.5 Å². The molecule has 0 spiro atoms. The van der Waals surface area contributed by atoms with Crippen molar-refractivity contribution in [1.82, 2.24) is 10.3 Å². The van der Waals surface area contributed by atoms with E-state index < -0.39 is 0 Å². The number of fused-ring (bicyclic) bond motifs is 1. The largest absolute Gasteiger partial charge is 0.486 e. The second kappa shape index (κ2) is 8.76.